The molecule has 0 fully saturated rings. The third kappa shape index (κ3) is 18.8. The van der Waals surface area contributed by atoms with Crippen molar-refractivity contribution in [2.45, 2.75) is 88.7 Å². The zero-order chi connectivity index (χ0) is 94.5. The standard InChI is InChI=1S/2C31H28N4O3.2C24H22N4O3/c2*36-27-16-19-34-29(30(27)38-21-23-10-4-1-5-11-23)31(37)33-18-9-3-8-14-25-20-32-17-15-26(25)28(35(34)22-33)24-12-6-2-7-13-24;2*29-20-11-14-27-22(23(20)30)24(31)26-13-6-2-5-9-18-15-25-12-10-19(18)21(28(27)16-26)17-7-3-1-4-8-17/h2*1-7,9-13,15-17,19-20,28H,8,14,18,21-22H2;2*1-4,6-8,10-12,14-15,21,30H,5,9,13,16H2/b2*9-3-;2*6-2-/t2*28-;2*21-/m1010/s1. The van der Waals surface area contributed by atoms with E-state index in [-0.39, 0.29) is 106 Å². The highest BCUT2D eigenvalue weighted by Crippen LogP contribution is 2.41. The lowest BCUT2D eigenvalue weighted by Gasteiger charge is -2.44. The molecule has 0 radical (unpaired) electrons. The number of nitrogens with zero attached hydrogens (tertiary/aromatic N) is 16. The van der Waals surface area contributed by atoms with Crippen molar-refractivity contribution in [3.05, 3.63) is 495 Å². The van der Waals surface area contributed by atoms with Crippen molar-refractivity contribution in [1.29, 1.82) is 0 Å². The van der Waals surface area contributed by atoms with Crippen LogP contribution >= 0.6 is 0 Å². The Morgan fingerprint density at radius 3 is 0.783 bits per heavy atom. The van der Waals surface area contributed by atoms with Crippen LogP contribution in [0.2, 0.25) is 0 Å². The summed E-state index contributed by atoms with van der Waals surface area (Å²) < 4.78 is 19.0. The van der Waals surface area contributed by atoms with E-state index < -0.39 is 22.4 Å². The third-order valence-electron chi connectivity index (χ3n) is 25.8. The van der Waals surface area contributed by atoms with Crippen LogP contribution in [0.1, 0.15) is 170 Å². The van der Waals surface area contributed by atoms with E-state index >= 15 is 0 Å². The minimum Gasteiger partial charge on any atom is -0.502 e. The van der Waals surface area contributed by atoms with E-state index in [1.165, 1.54) is 24.3 Å². The highest BCUT2D eigenvalue weighted by molar-refractivity contribution is 5.98. The molecule has 8 aromatic heterocycles. The normalized spacial score (nSPS) is 18.4. The van der Waals surface area contributed by atoms with Gasteiger partial charge >= 0.3 is 0 Å². The number of aromatic hydroxyl groups is 2. The van der Waals surface area contributed by atoms with E-state index in [0.29, 0.717) is 52.9 Å². The van der Waals surface area contributed by atoms with Crippen molar-refractivity contribution in [1.82, 2.24) is 58.2 Å². The summed E-state index contributed by atoms with van der Waals surface area (Å²) in [6.45, 7) is 3.35. The van der Waals surface area contributed by atoms with Crippen molar-refractivity contribution in [2.75, 3.05) is 72.9 Å². The summed E-state index contributed by atoms with van der Waals surface area (Å²) in [6.07, 6.45) is 44.4. The van der Waals surface area contributed by atoms with E-state index in [0.717, 1.165) is 129 Å². The van der Waals surface area contributed by atoms with Crippen LogP contribution in [-0.2, 0) is 38.9 Å². The quantitative estimate of drug-likeness (QED) is 0.120. The summed E-state index contributed by atoms with van der Waals surface area (Å²) in [5, 5.41) is 29.4. The van der Waals surface area contributed by atoms with Crippen molar-refractivity contribution in [3.8, 4) is 23.0 Å². The number of pyridine rings is 8. The van der Waals surface area contributed by atoms with Crippen LogP contribution in [0.4, 0.5) is 0 Å². The maximum atomic E-state index is 13.9. The molecule has 8 aliphatic rings. The molecule has 16 heterocycles. The topological polar surface area (TPSA) is 293 Å². The van der Waals surface area contributed by atoms with Gasteiger partial charge in [0.1, 0.15) is 39.9 Å². The largest absolute Gasteiger partial charge is 0.502 e. The molecular weight excluding hydrogens is 1740 g/mol. The van der Waals surface area contributed by atoms with Gasteiger partial charge in [-0.15, -0.1) is 0 Å². The molecule has 28 heteroatoms. The first-order chi connectivity index (χ1) is 67.7. The number of carbonyl (C=O) groups excluding carboxylic acids is 4. The lowest BCUT2D eigenvalue weighted by Crippen LogP contribution is -2.55. The van der Waals surface area contributed by atoms with Crippen LogP contribution in [0.15, 0.2) is 373 Å². The second-order valence-electron chi connectivity index (χ2n) is 34.4. The van der Waals surface area contributed by atoms with Gasteiger partial charge in [0.25, 0.3) is 23.6 Å². The molecule has 0 unspecified atom stereocenters. The van der Waals surface area contributed by atoms with E-state index in [9.17, 15) is 48.6 Å². The summed E-state index contributed by atoms with van der Waals surface area (Å²) in [6, 6.07) is 72.6. The van der Waals surface area contributed by atoms with Gasteiger partial charge in [-0.1, -0.05) is 231 Å². The molecule has 0 aliphatic carbocycles. The molecule has 2 N–H and O–H groups in total. The number of rotatable bonds is 10. The number of benzene rings is 6. The zero-order valence-corrected chi connectivity index (χ0v) is 75.7. The average Bonchev–Trinajstić information content (AvgIpc) is 1.06. The van der Waals surface area contributed by atoms with E-state index in [1.807, 2.05) is 226 Å². The molecule has 0 spiro atoms. The second kappa shape index (κ2) is 41.2. The number of allylic oxidation sites excluding steroid dienone is 4. The van der Waals surface area contributed by atoms with Crippen LogP contribution in [0.3, 0.4) is 0 Å². The van der Waals surface area contributed by atoms with Crippen LogP contribution in [0, 0.1) is 0 Å². The fraction of sp³-hybridized carbons (Fsp3) is 0.200. The Bertz CT molecular complexity index is 6780. The van der Waals surface area contributed by atoms with Crippen LogP contribution < -0.4 is 51.2 Å². The van der Waals surface area contributed by atoms with E-state index in [1.54, 1.807) is 66.1 Å². The van der Waals surface area contributed by atoms with Crippen molar-refractivity contribution >= 4 is 23.6 Å². The molecule has 0 saturated carbocycles. The summed E-state index contributed by atoms with van der Waals surface area (Å²) >= 11 is 0. The first kappa shape index (κ1) is 90.1. The van der Waals surface area contributed by atoms with Gasteiger partial charge in [-0.3, -0.25) is 97.0 Å². The summed E-state index contributed by atoms with van der Waals surface area (Å²) in [4.78, 5) is 129. The molecule has 8 aliphatic heterocycles. The SMILES string of the molecule is O=C1c2c(O)c(=O)ccn2N2CN1C/C=C\CCc1cnccc1[C@@H]2c1ccccc1.O=C1c2c(O)c(=O)ccn2N2CN1C/C=C\CCc1cnccc1[C@H]2c1ccccc1.O=C1c2c(OCc3ccccc3)c(=O)ccn2N2CN1C/C=C\CCc1cnccc1[C@@H]2c1ccccc1.O=C1c2c(OCc3ccccc3)c(=O)ccn2N2CN1C/C=C\CCc1cnccc1[C@H]2c1ccccc1. The smallest absolute Gasteiger partial charge is 0.278 e. The zero-order valence-electron chi connectivity index (χ0n) is 75.7. The van der Waals surface area contributed by atoms with Crippen molar-refractivity contribution < 1.29 is 38.9 Å². The predicted molar refractivity (Wildman–Crippen MR) is 524 cm³/mol. The van der Waals surface area contributed by atoms with E-state index in [2.05, 4.69) is 115 Å². The molecule has 6 aromatic carbocycles. The summed E-state index contributed by atoms with van der Waals surface area (Å²) in [7, 11) is 0. The molecule has 692 valence electrons. The monoisotopic (exact) mass is 1840 g/mol. The molecule has 0 saturated heterocycles. The lowest BCUT2D eigenvalue weighted by atomic mass is 9.93. The maximum Gasteiger partial charge on any atom is 0.278 e. The Labute approximate surface area is 795 Å². The van der Waals surface area contributed by atoms with Crippen molar-refractivity contribution in [3.63, 3.8) is 0 Å². The maximum absolute atomic E-state index is 13.9. The van der Waals surface area contributed by atoms with Crippen LogP contribution in [-0.4, -0.2) is 145 Å². The summed E-state index contributed by atoms with van der Waals surface area (Å²) in [5.41, 5.74) is 13.7. The molecule has 138 heavy (non-hydrogen) atoms. The van der Waals surface area contributed by atoms with Gasteiger partial charge < -0.3 is 39.3 Å². The second-order valence-corrected chi connectivity index (χ2v) is 34.4. The first-order valence-corrected chi connectivity index (χ1v) is 46.2. The van der Waals surface area contributed by atoms with Gasteiger partial charge in [0, 0.05) is 125 Å². The lowest BCUT2D eigenvalue weighted by molar-refractivity contribution is 0.0691. The van der Waals surface area contributed by atoms with E-state index in [4.69, 9.17) is 9.47 Å². The Kier molecular flexibility index (Phi) is 26.9. The minimum absolute atomic E-state index is 0.0112. The Morgan fingerprint density at radius 2 is 0.514 bits per heavy atom. The first-order valence-electron chi connectivity index (χ1n) is 46.2. The molecule has 4 amide bonds. The molecule has 22 rings (SSSR count). The van der Waals surface area contributed by atoms with Crippen molar-refractivity contribution in [2.24, 2.45) is 0 Å². The molecule has 14 aromatic rings. The number of fused-ring (bicyclic) bond motifs is 20. The number of aromatic nitrogens is 8. The fourth-order valence-electron chi connectivity index (χ4n) is 19.1. The highest BCUT2D eigenvalue weighted by atomic mass is 16.5. The number of amides is 4. The minimum atomic E-state index is -0.567. The molecule has 28 nitrogen and oxygen atoms in total. The van der Waals surface area contributed by atoms with Gasteiger partial charge in [0.15, 0.2) is 45.8 Å². The van der Waals surface area contributed by atoms with Gasteiger partial charge in [0.05, 0.1) is 24.2 Å². The predicted octanol–water partition coefficient (Wildman–Crippen LogP) is 14.1. The molecular formula is C110H100N16O12. The van der Waals surface area contributed by atoms with Gasteiger partial charge in [-0.25, -0.2) is 0 Å². The average molecular weight is 1840 g/mol. The third-order valence-corrected chi connectivity index (χ3v) is 25.8. The number of ether oxygens (including phenoxy) is 2. The molecule has 8 bridgehead atoms. The van der Waals surface area contributed by atoms with Crippen LogP contribution in [0.5, 0.6) is 23.0 Å². The van der Waals surface area contributed by atoms with Gasteiger partial charge in [0.2, 0.25) is 21.7 Å². The molecule has 4 atom stereocenters. The van der Waals surface area contributed by atoms with Gasteiger partial charge in [-0.2, -0.15) is 0 Å². The highest BCUT2D eigenvalue weighted by Gasteiger charge is 2.43. The fourth-order valence-corrected chi connectivity index (χ4v) is 19.1. The number of carbonyl (C=O) groups is 4. The number of aryl methyl sites for hydroxylation is 4. The Hall–Kier alpha value is -17.0. The van der Waals surface area contributed by atoms with Crippen LogP contribution in [0.25, 0.3) is 0 Å². The van der Waals surface area contributed by atoms with Gasteiger partial charge in [-0.05, 0) is 154 Å². The number of hydrogen-bond acceptors (Lipinski definition) is 20. The Morgan fingerprint density at radius 1 is 0.275 bits per heavy atom. The summed E-state index contributed by atoms with van der Waals surface area (Å²) in [5.74, 6) is -2.10. The Balaban J connectivity index is 0.000000118. The number of hydrogen-bond donors (Lipinski definition) is 2.